The first-order chi connectivity index (χ1) is 5.92. The minimum absolute atomic E-state index is 0.385. The van der Waals surface area contributed by atoms with Crippen LogP contribution in [0.4, 0.5) is 0 Å². The van der Waals surface area contributed by atoms with Gasteiger partial charge in [-0.1, -0.05) is 6.42 Å². The fraction of sp³-hybridized carbons (Fsp3) is 0.900. The Labute approximate surface area is 78.5 Å². The van der Waals surface area contributed by atoms with Gasteiger partial charge in [-0.2, -0.15) is 17.0 Å². The molecular weight excluding hydrogens is 166 g/mol. The Morgan fingerprint density at radius 1 is 1.25 bits per heavy atom. The normalized spacial score (nSPS) is 32.4. The number of hydrogen-bond donors (Lipinski definition) is 0. The summed E-state index contributed by atoms with van der Waals surface area (Å²) in [5, 5.41) is 9.70. The zero-order valence-electron chi connectivity index (χ0n) is 7.33. The van der Waals surface area contributed by atoms with Crippen LogP contribution in [0.15, 0.2) is 0 Å². The van der Waals surface area contributed by atoms with Crippen molar-refractivity contribution in [2.45, 2.75) is 37.4 Å². The topological polar surface area (TPSA) is 23.8 Å². The van der Waals surface area contributed by atoms with Gasteiger partial charge < -0.3 is 0 Å². The summed E-state index contributed by atoms with van der Waals surface area (Å²) in [6, 6.07) is 2.51. The molecule has 0 aromatic heterocycles. The third-order valence-corrected chi connectivity index (χ3v) is 4.38. The Kier molecular flexibility index (Phi) is 2.60. The van der Waals surface area contributed by atoms with Crippen LogP contribution >= 0.6 is 11.8 Å². The molecule has 2 fully saturated rings. The number of thioether (sulfide) groups is 1. The molecule has 0 spiro atoms. The lowest BCUT2D eigenvalue weighted by atomic mass is 9.97. The highest BCUT2D eigenvalue weighted by molar-refractivity contribution is 7.99. The van der Waals surface area contributed by atoms with Gasteiger partial charge in [-0.3, -0.25) is 0 Å². The van der Waals surface area contributed by atoms with Gasteiger partial charge in [0.1, 0.15) is 0 Å². The maximum absolute atomic E-state index is 9.03. The van der Waals surface area contributed by atoms with E-state index in [0.717, 1.165) is 5.92 Å². The molecule has 66 valence electrons. The highest BCUT2D eigenvalue weighted by Gasteiger charge is 2.37. The molecule has 1 nitrogen and oxygen atoms in total. The van der Waals surface area contributed by atoms with E-state index in [9.17, 15) is 0 Å². The number of rotatable bonds is 2. The molecule has 2 aliphatic rings. The van der Waals surface area contributed by atoms with E-state index in [1.54, 1.807) is 0 Å². The Morgan fingerprint density at radius 3 is 2.58 bits per heavy atom. The van der Waals surface area contributed by atoms with Gasteiger partial charge in [-0.05, 0) is 37.4 Å². The maximum Gasteiger partial charge on any atom is 0.0670 e. The maximum atomic E-state index is 9.03. The average Bonchev–Trinajstić information content (AvgIpc) is 2.92. The van der Waals surface area contributed by atoms with Crippen molar-refractivity contribution >= 4 is 11.8 Å². The molecule has 0 radical (unpaired) electrons. The van der Waals surface area contributed by atoms with Crippen LogP contribution < -0.4 is 0 Å². The molecule has 0 amide bonds. The Bertz CT molecular complexity index is 187. The Hall–Kier alpha value is -0.160. The van der Waals surface area contributed by atoms with Gasteiger partial charge in [0.2, 0.25) is 0 Å². The second-order valence-corrected chi connectivity index (χ2v) is 5.24. The molecule has 1 aliphatic carbocycles. The van der Waals surface area contributed by atoms with Crippen molar-refractivity contribution < 1.29 is 0 Å². The van der Waals surface area contributed by atoms with Crippen molar-refractivity contribution in [1.82, 2.24) is 0 Å². The van der Waals surface area contributed by atoms with E-state index < -0.39 is 0 Å². The van der Waals surface area contributed by atoms with Crippen molar-refractivity contribution in [3.63, 3.8) is 0 Å². The summed E-state index contributed by atoms with van der Waals surface area (Å²) in [5.41, 5.74) is 0. The molecule has 2 rings (SSSR count). The van der Waals surface area contributed by atoms with E-state index >= 15 is 0 Å². The predicted octanol–water partition coefficient (Wildman–Crippen LogP) is 2.82. The standard InChI is InChI=1S/C10H15NS/c11-7-9(8-4-5-8)10-3-1-2-6-12-10/h8-10H,1-6H2. The van der Waals surface area contributed by atoms with Crippen molar-refractivity contribution in [1.29, 1.82) is 5.26 Å². The SMILES string of the molecule is N#CC(C1CC1)C1CCCCS1. The molecule has 12 heavy (non-hydrogen) atoms. The number of nitriles is 1. The Morgan fingerprint density at radius 2 is 2.08 bits per heavy atom. The van der Waals surface area contributed by atoms with Crippen LogP contribution in [-0.2, 0) is 0 Å². The van der Waals surface area contributed by atoms with Gasteiger partial charge in [-0.25, -0.2) is 0 Å². The molecule has 2 heteroatoms. The highest BCUT2D eigenvalue weighted by Crippen LogP contribution is 2.44. The molecule has 1 saturated heterocycles. The molecule has 2 atom stereocenters. The van der Waals surface area contributed by atoms with Crippen molar-refractivity contribution in [2.24, 2.45) is 11.8 Å². The summed E-state index contributed by atoms with van der Waals surface area (Å²) in [7, 11) is 0. The summed E-state index contributed by atoms with van der Waals surface area (Å²) >= 11 is 2.04. The number of hydrogen-bond acceptors (Lipinski definition) is 2. The van der Waals surface area contributed by atoms with Crippen molar-refractivity contribution in [3.8, 4) is 6.07 Å². The van der Waals surface area contributed by atoms with E-state index in [-0.39, 0.29) is 0 Å². The highest BCUT2D eigenvalue weighted by atomic mass is 32.2. The van der Waals surface area contributed by atoms with Crippen LogP contribution in [-0.4, -0.2) is 11.0 Å². The minimum Gasteiger partial charge on any atom is -0.198 e. The van der Waals surface area contributed by atoms with Gasteiger partial charge in [0.25, 0.3) is 0 Å². The van der Waals surface area contributed by atoms with Crippen LogP contribution in [0.1, 0.15) is 32.1 Å². The minimum atomic E-state index is 0.385. The van der Waals surface area contributed by atoms with Crippen LogP contribution in [0, 0.1) is 23.2 Å². The zero-order valence-corrected chi connectivity index (χ0v) is 8.15. The van der Waals surface area contributed by atoms with Crippen LogP contribution in [0.2, 0.25) is 0 Å². The third kappa shape index (κ3) is 1.77. The van der Waals surface area contributed by atoms with E-state index in [1.165, 1.54) is 37.9 Å². The average molecular weight is 181 g/mol. The molecule has 0 aromatic rings. The molecule has 0 N–H and O–H groups in total. The van der Waals surface area contributed by atoms with Crippen LogP contribution in [0.3, 0.4) is 0 Å². The molecule has 1 heterocycles. The lowest BCUT2D eigenvalue weighted by molar-refractivity contribution is 0.504. The van der Waals surface area contributed by atoms with Gasteiger partial charge in [0.15, 0.2) is 0 Å². The van der Waals surface area contributed by atoms with Gasteiger partial charge in [0.05, 0.1) is 12.0 Å². The van der Waals surface area contributed by atoms with Crippen molar-refractivity contribution in [3.05, 3.63) is 0 Å². The monoisotopic (exact) mass is 181 g/mol. The van der Waals surface area contributed by atoms with Gasteiger partial charge >= 0.3 is 0 Å². The summed E-state index contributed by atoms with van der Waals surface area (Å²) in [5.74, 6) is 2.44. The lowest BCUT2D eigenvalue weighted by Gasteiger charge is -2.25. The molecule has 1 aliphatic heterocycles. The quantitative estimate of drug-likeness (QED) is 0.654. The van der Waals surface area contributed by atoms with Gasteiger partial charge in [-0.15, -0.1) is 0 Å². The molecule has 1 saturated carbocycles. The first-order valence-electron chi connectivity index (χ1n) is 4.93. The first-order valence-corrected chi connectivity index (χ1v) is 5.98. The first kappa shape index (κ1) is 8.44. The van der Waals surface area contributed by atoms with E-state index in [4.69, 9.17) is 5.26 Å². The summed E-state index contributed by atoms with van der Waals surface area (Å²) in [6.07, 6.45) is 6.64. The predicted molar refractivity (Wildman–Crippen MR) is 51.9 cm³/mol. The van der Waals surface area contributed by atoms with Gasteiger partial charge in [0, 0.05) is 5.25 Å². The Balaban J connectivity index is 1.91. The second-order valence-electron chi connectivity index (χ2n) is 3.90. The van der Waals surface area contributed by atoms with E-state index in [1.807, 2.05) is 11.8 Å². The zero-order chi connectivity index (χ0) is 8.39. The summed E-state index contributed by atoms with van der Waals surface area (Å²) in [4.78, 5) is 0. The smallest absolute Gasteiger partial charge is 0.0670 e. The van der Waals surface area contributed by atoms with Crippen molar-refractivity contribution in [2.75, 3.05) is 5.75 Å². The van der Waals surface area contributed by atoms with Crippen LogP contribution in [0.5, 0.6) is 0 Å². The molecule has 2 unspecified atom stereocenters. The largest absolute Gasteiger partial charge is 0.198 e. The fourth-order valence-electron chi connectivity index (χ4n) is 2.00. The summed E-state index contributed by atoms with van der Waals surface area (Å²) in [6.45, 7) is 0. The van der Waals surface area contributed by atoms with E-state index in [2.05, 4.69) is 6.07 Å². The number of nitrogens with zero attached hydrogens (tertiary/aromatic N) is 1. The third-order valence-electron chi connectivity index (χ3n) is 2.89. The van der Waals surface area contributed by atoms with Crippen LogP contribution in [0.25, 0.3) is 0 Å². The second kappa shape index (κ2) is 3.70. The molecule has 0 bridgehead atoms. The summed E-state index contributed by atoms with van der Waals surface area (Å²) < 4.78 is 0. The molecular formula is C10H15NS. The lowest BCUT2D eigenvalue weighted by Crippen LogP contribution is -2.21. The fourth-order valence-corrected chi connectivity index (χ4v) is 3.49. The van der Waals surface area contributed by atoms with E-state index in [0.29, 0.717) is 11.2 Å². The molecule has 0 aromatic carbocycles.